The molecule has 3 atom stereocenters. The maximum Gasteiger partial charge on any atom is 0.287 e. The lowest BCUT2D eigenvalue weighted by molar-refractivity contribution is -0.138. The molecule has 1 fully saturated rings. The highest BCUT2D eigenvalue weighted by Crippen LogP contribution is 2.29. The van der Waals surface area contributed by atoms with Gasteiger partial charge in [-0.05, 0) is 38.8 Å². The molecule has 0 aromatic carbocycles. The Kier molecular flexibility index (Phi) is 5.05. The van der Waals surface area contributed by atoms with Gasteiger partial charge >= 0.3 is 0 Å². The maximum absolute atomic E-state index is 12.3. The lowest BCUT2D eigenvalue weighted by Crippen LogP contribution is -2.52. The first-order valence-corrected chi connectivity index (χ1v) is 6.60. The number of Topliss-reactive ketones (excluding diaryl/α,β-unsaturated/α-hetero) is 1. The zero-order valence-electron chi connectivity index (χ0n) is 12.0. The number of nitrogens with zero attached hydrogens (tertiary/aromatic N) is 1. The molecule has 6 heteroatoms. The molecule has 0 saturated carbocycles. The van der Waals surface area contributed by atoms with E-state index in [0.29, 0.717) is 5.92 Å². The zero-order valence-corrected chi connectivity index (χ0v) is 12.0. The Morgan fingerprint density at radius 1 is 1.26 bits per heavy atom. The van der Waals surface area contributed by atoms with Crippen LogP contribution in [0.1, 0.15) is 27.2 Å². The van der Waals surface area contributed by atoms with Crippen molar-refractivity contribution >= 4 is 17.6 Å². The molecule has 19 heavy (non-hydrogen) atoms. The standard InChI is InChI=1S/C13H23N3O3/c1-7(2)9-5-6-16(4)10(9)13(19)15-8(3)11(17)12(14)18/h7-10H,5-6H2,1-4H3,(H2,14,18)(H,15,19)/t8?,9-,10?/m1/s1. The number of hydrogen-bond acceptors (Lipinski definition) is 4. The number of amides is 2. The number of hydrogen-bond donors (Lipinski definition) is 2. The number of nitrogens with two attached hydrogens (primary N) is 1. The molecule has 0 aromatic rings. The van der Waals surface area contributed by atoms with E-state index in [2.05, 4.69) is 19.2 Å². The van der Waals surface area contributed by atoms with E-state index in [1.165, 1.54) is 6.92 Å². The summed E-state index contributed by atoms with van der Waals surface area (Å²) in [5.41, 5.74) is 4.92. The molecule has 1 aliphatic heterocycles. The minimum absolute atomic E-state index is 0.208. The van der Waals surface area contributed by atoms with Crippen LogP contribution < -0.4 is 11.1 Å². The largest absolute Gasteiger partial charge is 0.363 e. The molecule has 2 amide bonds. The molecule has 6 nitrogen and oxygen atoms in total. The fourth-order valence-corrected chi connectivity index (χ4v) is 2.65. The molecule has 1 saturated heterocycles. The summed E-state index contributed by atoms with van der Waals surface area (Å²) < 4.78 is 0. The Balaban J connectivity index is 2.71. The summed E-state index contributed by atoms with van der Waals surface area (Å²) in [7, 11) is 1.90. The second kappa shape index (κ2) is 6.14. The second-order valence-corrected chi connectivity index (χ2v) is 5.58. The molecule has 0 aromatic heterocycles. The molecule has 3 N–H and O–H groups in total. The van der Waals surface area contributed by atoms with Crippen molar-refractivity contribution in [2.45, 2.75) is 39.3 Å². The second-order valence-electron chi connectivity index (χ2n) is 5.58. The number of likely N-dealkylation sites (tertiary alicyclic amines) is 1. The molecular weight excluding hydrogens is 246 g/mol. The summed E-state index contributed by atoms with van der Waals surface area (Å²) in [6.45, 7) is 6.51. The SMILES string of the molecule is CC(NC(=O)C1[C@@H](C(C)C)CCN1C)C(=O)C(N)=O. The molecule has 0 radical (unpaired) electrons. The predicted octanol–water partition coefficient (Wildman–Crippen LogP) is -0.478. The average Bonchev–Trinajstić information content (AvgIpc) is 2.69. The first kappa shape index (κ1) is 15.6. The normalized spacial score (nSPS) is 25.3. The zero-order chi connectivity index (χ0) is 14.7. The number of likely N-dealkylation sites (N-methyl/N-ethyl adjacent to an activating group) is 1. The Morgan fingerprint density at radius 3 is 2.32 bits per heavy atom. The van der Waals surface area contributed by atoms with E-state index >= 15 is 0 Å². The third kappa shape index (κ3) is 3.53. The van der Waals surface area contributed by atoms with Gasteiger partial charge in [-0.1, -0.05) is 13.8 Å². The van der Waals surface area contributed by atoms with Gasteiger partial charge in [-0.3, -0.25) is 19.3 Å². The van der Waals surface area contributed by atoms with Gasteiger partial charge in [-0.25, -0.2) is 0 Å². The van der Waals surface area contributed by atoms with Crippen molar-refractivity contribution in [1.82, 2.24) is 10.2 Å². The van der Waals surface area contributed by atoms with Crippen LogP contribution >= 0.6 is 0 Å². The molecule has 108 valence electrons. The van der Waals surface area contributed by atoms with Crippen molar-refractivity contribution in [3.8, 4) is 0 Å². The molecule has 1 aliphatic rings. The van der Waals surface area contributed by atoms with Gasteiger partial charge in [0.05, 0.1) is 12.1 Å². The summed E-state index contributed by atoms with van der Waals surface area (Å²) in [5, 5.41) is 2.59. The third-order valence-electron chi connectivity index (χ3n) is 3.82. The summed E-state index contributed by atoms with van der Waals surface area (Å²) in [6.07, 6.45) is 0.963. The van der Waals surface area contributed by atoms with Crippen LogP contribution in [0.2, 0.25) is 0 Å². The predicted molar refractivity (Wildman–Crippen MR) is 71.2 cm³/mol. The Labute approximate surface area is 113 Å². The van der Waals surface area contributed by atoms with E-state index in [4.69, 9.17) is 5.73 Å². The van der Waals surface area contributed by atoms with Crippen LogP contribution in [0.3, 0.4) is 0 Å². The topological polar surface area (TPSA) is 92.5 Å². The average molecular weight is 269 g/mol. The van der Waals surface area contributed by atoms with Crippen molar-refractivity contribution in [3.63, 3.8) is 0 Å². The van der Waals surface area contributed by atoms with E-state index in [9.17, 15) is 14.4 Å². The van der Waals surface area contributed by atoms with Crippen molar-refractivity contribution in [3.05, 3.63) is 0 Å². The van der Waals surface area contributed by atoms with Gasteiger partial charge in [0.1, 0.15) is 0 Å². The molecule has 0 bridgehead atoms. The quantitative estimate of drug-likeness (QED) is 0.659. The Bertz CT molecular complexity index is 381. The molecule has 0 spiro atoms. The first-order valence-electron chi connectivity index (χ1n) is 6.60. The highest BCUT2D eigenvalue weighted by atomic mass is 16.2. The van der Waals surface area contributed by atoms with Crippen LogP contribution in [0.4, 0.5) is 0 Å². The summed E-state index contributed by atoms with van der Waals surface area (Å²) in [6, 6.07) is -1.12. The first-order chi connectivity index (χ1) is 8.75. The van der Waals surface area contributed by atoms with E-state index in [1.54, 1.807) is 0 Å². The molecule has 0 aliphatic carbocycles. The van der Waals surface area contributed by atoms with Gasteiger partial charge in [0.15, 0.2) is 0 Å². The van der Waals surface area contributed by atoms with E-state index in [-0.39, 0.29) is 17.9 Å². The lowest BCUT2D eigenvalue weighted by atomic mass is 9.88. The highest BCUT2D eigenvalue weighted by Gasteiger charge is 2.39. The van der Waals surface area contributed by atoms with Gasteiger partial charge in [0.2, 0.25) is 11.7 Å². The summed E-state index contributed by atoms with van der Waals surface area (Å²) in [4.78, 5) is 36.4. The van der Waals surface area contributed by atoms with Gasteiger partial charge in [0.25, 0.3) is 5.91 Å². The maximum atomic E-state index is 12.3. The minimum atomic E-state index is -1.02. The van der Waals surface area contributed by atoms with Crippen molar-refractivity contribution in [2.75, 3.05) is 13.6 Å². The van der Waals surface area contributed by atoms with Crippen LogP contribution in [-0.2, 0) is 14.4 Å². The van der Waals surface area contributed by atoms with Crippen LogP contribution in [0.5, 0.6) is 0 Å². The number of primary amides is 1. The van der Waals surface area contributed by atoms with Gasteiger partial charge < -0.3 is 11.1 Å². The Morgan fingerprint density at radius 2 is 1.84 bits per heavy atom. The van der Waals surface area contributed by atoms with Crippen molar-refractivity contribution in [2.24, 2.45) is 17.6 Å². The van der Waals surface area contributed by atoms with E-state index in [0.717, 1.165) is 13.0 Å². The van der Waals surface area contributed by atoms with Crippen LogP contribution in [0, 0.1) is 11.8 Å². The summed E-state index contributed by atoms with van der Waals surface area (Å²) in [5.74, 6) is -1.34. The number of nitrogens with one attached hydrogen (secondary N) is 1. The smallest absolute Gasteiger partial charge is 0.287 e. The molecular formula is C13H23N3O3. The summed E-state index contributed by atoms with van der Waals surface area (Å²) >= 11 is 0. The Hall–Kier alpha value is -1.43. The van der Waals surface area contributed by atoms with Crippen molar-refractivity contribution < 1.29 is 14.4 Å². The number of carbonyl (C=O) groups is 3. The third-order valence-corrected chi connectivity index (χ3v) is 3.82. The van der Waals surface area contributed by atoms with Crippen LogP contribution in [0.25, 0.3) is 0 Å². The fraction of sp³-hybridized carbons (Fsp3) is 0.769. The van der Waals surface area contributed by atoms with Gasteiger partial charge in [0, 0.05) is 0 Å². The number of rotatable bonds is 5. The molecule has 2 unspecified atom stereocenters. The lowest BCUT2D eigenvalue weighted by Gasteiger charge is -2.27. The molecule has 1 heterocycles. The van der Waals surface area contributed by atoms with Crippen molar-refractivity contribution in [1.29, 1.82) is 0 Å². The van der Waals surface area contributed by atoms with Crippen LogP contribution in [-0.4, -0.2) is 48.2 Å². The highest BCUT2D eigenvalue weighted by molar-refractivity contribution is 6.37. The fourth-order valence-electron chi connectivity index (χ4n) is 2.65. The number of ketones is 1. The monoisotopic (exact) mass is 269 g/mol. The van der Waals surface area contributed by atoms with E-state index in [1.807, 2.05) is 11.9 Å². The van der Waals surface area contributed by atoms with Crippen LogP contribution in [0.15, 0.2) is 0 Å². The molecule has 1 rings (SSSR count). The van der Waals surface area contributed by atoms with E-state index < -0.39 is 17.7 Å². The van der Waals surface area contributed by atoms with Gasteiger partial charge in [-0.2, -0.15) is 0 Å². The minimum Gasteiger partial charge on any atom is -0.363 e. The number of carbonyl (C=O) groups excluding carboxylic acids is 3. The van der Waals surface area contributed by atoms with Gasteiger partial charge in [-0.15, -0.1) is 0 Å².